The summed E-state index contributed by atoms with van der Waals surface area (Å²) in [4.78, 5) is 2.56. The number of nitrogens with zero attached hydrogens (tertiary/aromatic N) is 1. The van der Waals surface area contributed by atoms with Crippen LogP contribution >= 0.6 is 0 Å². The first kappa shape index (κ1) is 9.47. The molecular weight excluding hydrogens is 160 g/mol. The van der Waals surface area contributed by atoms with Crippen LogP contribution in [0.5, 0.6) is 0 Å². The van der Waals surface area contributed by atoms with Gasteiger partial charge in [-0.1, -0.05) is 12.8 Å². The molecule has 76 valence electrons. The van der Waals surface area contributed by atoms with Crippen LogP contribution in [0.3, 0.4) is 0 Å². The Morgan fingerprint density at radius 3 is 2.62 bits per heavy atom. The molecule has 0 aromatic rings. The lowest BCUT2D eigenvalue weighted by molar-refractivity contribution is 0.131. The monoisotopic (exact) mass is 182 g/mol. The summed E-state index contributed by atoms with van der Waals surface area (Å²) in [6.45, 7) is 2.55. The van der Waals surface area contributed by atoms with Crippen molar-refractivity contribution in [1.82, 2.24) is 10.2 Å². The molecule has 2 nitrogen and oxygen atoms in total. The minimum atomic E-state index is 0.791. The first-order valence-electron chi connectivity index (χ1n) is 5.81. The standard InChI is InChI=1S/C11H22N2/c1-13-9-5-3-7-11(13)10-6-2-4-8-12-10/h10-12H,2-9H2,1H3. The summed E-state index contributed by atoms with van der Waals surface area (Å²) in [7, 11) is 2.29. The highest BCUT2D eigenvalue weighted by atomic mass is 15.2. The Hall–Kier alpha value is -0.0800. The summed E-state index contributed by atoms with van der Waals surface area (Å²) in [6.07, 6.45) is 8.46. The molecule has 0 amide bonds. The molecule has 2 rings (SSSR count). The van der Waals surface area contributed by atoms with Crippen molar-refractivity contribution < 1.29 is 0 Å². The summed E-state index contributed by atoms with van der Waals surface area (Å²) in [5.41, 5.74) is 0. The first-order chi connectivity index (χ1) is 6.38. The van der Waals surface area contributed by atoms with Gasteiger partial charge in [-0.05, 0) is 45.8 Å². The molecule has 0 radical (unpaired) electrons. The number of nitrogens with one attached hydrogen (secondary N) is 1. The minimum absolute atomic E-state index is 0.791. The van der Waals surface area contributed by atoms with Crippen LogP contribution < -0.4 is 5.32 Å². The summed E-state index contributed by atoms with van der Waals surface area (Å²) >= 11 is 0. The van der Waals surface area contributed by atoms with Crippen molar-refractivity contribution in [3.63, 3.8) is 0 Å². The molecule has 0 spiro atoms. The molecule has 2 atom stereocenters. The van der Waals surface area contributed by atoms with Crippen molar-refractivity contribution in [2.24, 2.45) is 0 Å². The van der Waals surface area contributed by atoms with E-state index in [9.17, 15) is 0 Å². The smallest absolute Gasteiger partial charge is 0.0246 e. The third-order valence-electron chi connectivity index (χ3n) is 3.64. The fourth-order valence-corrected chi connectivity index (χ4v) is 2.82. The maximum atomic E-state index is 3.68. The Kier molecular flexibility index (Phi) is 3.23. The van der Waals surface area contributed by atoms with Crippen LogP contribution in [0.1, 0.15) is 38.5 Å². The predicted octanol–water partition coefficient (Wildman–Crippen LogP) is 1.61. The van der Waals surface area contributed by atoms with E-state index in [1.165, 1.54) is 51.6 Å². The van der Waals surface area contributed by atoms with Crippen molar-refractivity contribution >= 4 is 0 Å². The molecule has 2 aliphatic heterocycles. The molecule has 0 aromatic carbocycles. The third kappa shape index (κ3) is 2.23. The molecule has 2 aliphatic rings. The van der Waals surface area contributed by atoms with E-state index in [0.29, 0.717) is 0 Å². The van der Waals surface area contributed by atoms with Gasteiger partial charge in [0.2, 0.25) is 0 Å². The highest BCUT2D eigenvalue weighted by Gasteiger charge is 2.27. The predicted molar refractivity (Wildman–Crippen MR) is 55.9 cm³/mol. The van der Waals surface area contributed by atoms with E-state index >= 15 is 0 Å². The molecule has 1 N–H and O–H groups in total. The fourth-order valence-electron chi connectivity index (χ4n) is 2.82. The maximum Gasteiger partial charge on any atom is 0.0246 e. The molecule has 2 unspecified atom stereocenters. The molecular formula is C11H22N2. The first-order valence-corrected chi connectivity index (χ1v) is 5.81. The van der Waals surface area contributed by atoms with Crippen molar-refractivity contribution in [3.8, 4) is 0 Å². The van der Waals surface area contributed by atoms with Gasteiger partial charge >= 0.3 is 0 Å². The lowest BCUT2D eigenvalue weighted by atomic mass is 9.91. The van der Waals surface area contributed by atoms with Crippen LogP contribution in [-0.2, 0) is 0 Å². The number of hydrogen-bond acceptors (Lipinski definition) is 2. The van der Waals surface area contributed by atoms with E-state index in [4.69, 9.17) is 0 Å². The third-order valence-corrected chi connectivity index (χ3v) is 3.64. The Morgan fingerprint density at radius 2 is 1.92 bits per heavy atom. The van der Waals surface area contributed by atoms with Gasteiger partial charge in [-0.2, -0.15) is 0 Å². The highest BCUT2D eigenvalue weighted by Crippen LogP contribution is 2.22. The van der Waals surface area contributed by atoms with Gasteiger partial charge in [-0.3, -0.25) is 0 Å². The van der Waals surface area contributed by atoms with Crippen LogP contribution in [-0.4, -0.2) is 37.1 Å². The molecule has 2 heterocycles. The Bertz CT molecular complexity index is 152. The SMILES string of the molecule is CN1CCCCC1C1CCCCN1. The van der Waals surface area contributed by atoms with Gasteiger partial charge < -0.3 is 10.2 Å². The quantitative estimate of drug-likeness (QED) is 0.663. The van der Waals surface area contributed by atoms with E-state index in [1.807, 2.05) is 0 Å². The van der Waals surface area contributed by atoms with Gasteiger partial charge in [0.1, 0.15) is 0 Å². The molecule has 2 saturated heterocycles. The normalized spacial score (nSPS) is 37.6. The second kappa shape index (κ2) is 4.43. The topological polar surface area (TPSA) is 15.3 Å². The summed E-state index contributed by atoms with van der Waals surface area (Å²) in [5.74, 6) is 0. The van der Waals surface area contributed by atoms with Crippen molar-refractivity contribution in [2.75, 3.05) is 20.1 Å². The fraction of sp³-hybridized carbons (Fsp3) is 1.00. The van der Waals surface area contributed by atoms with Gasteiger partial charge in [-0.15, -0.1) is 0 Å². The number of hydrogen-bond donors (Lipinski definition) is 1. The Labute approximate surface area is 81.7 Å². The van der Waals surface area contributed by atoms with Crippen LogP contribution in [0.4, 0.5) is 0 Å². The number of rotatable bonds is 1. The largest absolute Gasteiger partial charge is 0.312 e. The van der Waals surface area contributed by atoms with Gasteiger partial charge in [0.25, 0.3) is 0 Å². The minimum Gasteiger partial charge on any atom is -0.312 e. The van der Waals surface area contributed by atoms with Crippen LogP contribution in [0.25, 0.3) is 0 Å². The zero-order valence-electron chi connectivity index (χ0n) is 8.76. The van der Waals surface area contributed by atoms with Crippen LogP contribution in [0.2, 0.25) is 0 Å². The van der Waals surface area contributed by atoms with Crippen molar-refractivity contribution in [1.29, 1.82) is 0 Å². The number of piperidine rings is 2. The zero-order valence-corrected chi connectivity index (χ0v) is 8.76. The van der Waals surface area contributed by atoms with Crippen LogP contribution in [0, 0.1) is 0 Å². The van der Waals surface area contributed by atoms with Gasteiger partial charge in [0.05, 0.1) is 0 Å². The summed E-state index contributed by atoms with van der Waals surface area (Å²) in [5, 5.41) is 3.68. The molecule has 2 fully saturated rings. The second-order valence-corrected chi connectivity index (χ2v) is 4.60. The van der Waals surface area contributed by atoms with E-state index < -0.39 is 0 Å². The zero-order chi connectivity index (χ0) is 9.10. The Morgan fingerprint density at radius 1 is 1.08 bits per heavy atom. The molecule has 2 heteroatoms. The van der Waals surface area contributed by atoms with Gasteiger partial charge in [0, 0.05) is 12.1 Å². The number of likely N-dealkylation sites (N-methyl/N-ethyl adjacent to an activating group) is 1. The average Bonchev–Trinajstić information content (AvgIpc) is 2.20. The van der Waals surface area contributed by atoms with E-state index in [1.54, 1.807) is 0 Å². The summed E-state index contributed by atoms with van der Waals surface area (Å²) < 4.78 is 0. The molecule has 0 bridgehead atoms. The van der Waals surface area contributed by atoms with Gasteiger partial charge in [-0.25, -0.2) is 0 Å². The van der Waals surface area contributed by atoms with Gasteiger partial charge in [0.15, 0.2) is 0 Å². The van der Waals surface area contributed by atoms with E-state index in [2.05, 4.69) is 17.3 Å². The van der Waals surface area contributed by atoms with Crippen LogP contribution in [0.15, 0.2) is 0 Å². The van der Waals surface area contributed by atoms with E-state index in [-0.39, 0.29) is 0 Å². The van der Waals surface area contributed by atoms with Crippen molar-refractivity contribution in [2.45, 2.75) is 50.6 Å². The highest BCUT2D eigenvalue weighted by molar-refractivity contribution is 4.87. The van der Waals surface area contributed by atoms with E-state index in [0.717, 1.165) is 12.1 Å². The van der Waals surface area contributed by atoms with Crippen molar-refractivity contribution in [3.05, 3.63) is 0 Å². The Balaban J connectivity index is 1.88. The molecule has 0 aliphatic carbocycles. The lowest BCUT2D eigenvalue weighted by Crippen LogP contribution is -2.52. The molecule has 0 saturated carbocycles. The average molecular weight is 182 g/mol. The maximum absolute atomic E-state index is 3.68. The molecule has 0 aromatic heterocycles. The number of likely N-dealkylation sites (tertiary alicyclic amines) is 1. The summed E-state index contributed by atoms with van der Waals surface area (Å²) in [6, 6.07) is 1.62. The second-order valence-electron chi connectivity index (χ2n) is 4.60. The lowest BCUT2D eigenvalue weighted by Gasteiger charge is -2.40. The molecule has 13 heavy (non-hydrogen) atoms.